The molecule has 0 saturated heterocycles. The number of sulfone groups is 1. The van der Waals surface area contributed by atoms with Gasteiger partial charge in [-0.1, -0.05) is 64.8 Å². The van der Waals surface area contributed by atoms with Crippen LogP contribution in [0.2, 0.25) is 0 Å². The van der Waals surface area contributed by atoms with Gasteiger partial charge in [-0.05, 0) is 62.0 Å². The molecule has 1 aromatic rings. The van der Waals surface area contributed by atoms with E-state index < -0.39 is 9.84 Å². The zero-order valence-corrected chi connectivity index (χ0v) is 18.0. The molecular formula is C23H38O2S. The van der Waals surface area contributed by atoms with Gasteiger partial charge in [-0.25, -0.2) is 8.42 Å². The second kappa shape index (κ2) is 11.6. The van der Waals surface area contributed by atoms with Crippen molar-refractivity contribution in [1.82, 2.24) is 0 Å². The van der Waals surface area contributed by atoms with Crippen LogP contribution in [0.15, 0.2) is 47.9 Å². The molecule has 1 unspecified atom stereocenters. The van der Waals surface area contributed by atoms with Crippen molar-refractivity contribution in [3.63, 3.8) is 0 Å². The standard InChI is InChI=1S/C23H38O2S/c1-6-7-9-12-21(5)23(18-17-20(4)16-15-19(2)3)26(24,25)22-13-10-8-11-14-22/h6,8,10-11,13-14,19-21,23H,1,7,9,12,15-18H2,2-5H3/t20-,21+,23?/m1/s1. The van der Waals surface area contributed by atoms with Crippen LogP contribution in [0.4, 0.5) is 0 Å². The van der Waals surface area contributed by atoms with Crippen molar-refractivity contribution in [2.75, 3.05) is 0 Å². The highest BCUT2D eigenvalue weighted by Gasteiger charge is 2.32. The van der Waals surface area contributed by atoms with Gasteiger partial charge in [-0.2, -0.15) is 0 Å². The zero-order chi connectivity index (χ0) is 19.6. The lowest BCUT2D eigenvalue weighted by atomic mass is 9.91. The van der Waals surface area contributed by atoms with E-state index in [1.807, 2.05) is 24.3 Å². The number of hydrogen-bond acceptors (Lipinski definition) is 2. The lowest BCUT2D eigenvalue weighted by molar-refractivity contribution is 0.381. The maximum atomic E-state index is 13.3. The Hall–Kier alpha value is -1.09. The molecule has 2 nitrogen and oxygen atoms in total. The summed E-state index contributed by atoms with van der Waals surface area (Å²) in [5.74, 6) is 1.45. The molecule has 1 rings (SSSR count). The van der Waals surface area contributed by atoms with Gasteiger partial charge in [0.25, 0.3) is 0 Å². The minimum atomic E-state index is -3.29. The van der Waals surface area contributed by atoms with Crippen molar-refractivity contribution in [2.24, 2.45) is 17.8 Å². The van der Waals surface area contributed by atoms with Crippen LogP contribution in [0.5, 0.6) is 0 Å². The second-order valence-corrected chi connectivity index (χ2v) is 10.4. The lowest BCUT2D eigenvalue weighted by Crippen LogP contribution is -2.29. The third-order valence-electron chi connectivity index (χ3n) is 5.35. The fourth-order valence-corrected chi connectivity index (χ4v) is 5.59. The maximum Gasteiger partial charge on any atom is 0.181 e. The smallest absolute Gasteiger partial charge is 0.181 e. The third-order valence-corrected chi connectivity index (χ3v) is 7.78. The lowest BCUT2D eigenvalue weighted by Gasteiger charge is -2.26. The molecule has 0 spiro atoms. The van der Waals surface area contributed by atoms with Crippen molar-refractivity contribution in [1.29, 1.82) is 0 Å². The van der Waals surface area contributed by atoms with Gasteiger partial charge >= 0.3 is 0 Å². The number of unbranched alkanes of at least 4 members (excludes halogenated alkanes) is 1. The monoisotopic (exact) mass is 378 g/mol. The minimum Gasteiger partial charge on any atom is -0.223 e. The minimum absolute atomic E-state index is 0.164. The van der Waals surface area contributed by atoms with Crippen LogP contribution >= 0.6 is 0 Å². The molecule has 26 heavy (non-hydrogen) atoms. The molecule has 0 saturated carbocycles. The van der Waals surface area contributed by atoms with Gasteiger partial charge in [-0.3, -0.25) is 0 Å². The first kappa shape index (κ1) is 23.0. The summed E-state index contributed by atoms with van der Waals surface area (Å²) in [7, 11) is -3.29. The largest absolute Gasteiger partial charge is 0.223 e. The normalized spacial score (nSPS) is 15.6. The highest BCUT2D eigenvalue weighted by Crippen LogP contribution is 2.30. The summed E-state index contributed by atoms with van der Waals surface area (Å²) in [6.07, 6.45) is 8.94. The summed E-state index contributed by atoms with van der Waals surface area (Å²) in [5, 5.41) is -0.295. The summed E-state index contributed by atoms with van der Waals surface area (Å²) in [6.45, 7) is 12.6. The first-order chi connectivity index (χ1) is 12.3. The molecular weight excluding hydrogens is 340 g/mol. The van der Waals surface area contributed by atoms with E-state index in [2.05, 4.69) is 34.3 Å². The Morgan fingerprint density at radius 1 is 0.923 bits per heavy atom. The van der Waals surface area contributed by atoms with Crippen LogP contribution in [0.1, 0.15) is 72.6 Å². The Bertz CT molecular complexity index is 604. The SMILES string of the molecule is C=CCCC[C@H](C)C(CC[C@H](C)CCC(C)C)S(=O)(=O)c1ccccc1. The number of rotatable bonds is 13. The van der Waals surface area contributed by atoms with Crippen molar-refractivity contribution >= 4 is 9.84 Å². The van der Waals surface area contributed by atoms with E-state index in [4.69, 9.17) is 0 Å². The number of hydrogen-bond donors (Lipinski definition) is 0. The highest BCUT2D eigenvalue weighted by molar-refractivity contribution is 7.92. The first-order valence-corrected chi connectivity index (χ1v) is 11.7. The zero-order valence-electron chi connectivity index (χ0n) is 17.2. The molecule has 0 aliphatic rings. The molecule has 1 aromatic carbocycles. The second-order valence-electron chi connectivity index (χ2n) is 8.25. The van der Waals surface area contributed by atoms with Crippen LogP contribution in [0.25, 0.3) is 0 Å². The molecule has 0 bridgehead atoms. The summed E-state index contributed by atoms with van der Waals surface area (Å²) in [5.41, 5.74) is 0. The molecule has 0 aliphatic carbocycles. The highest BCUT2D eigenvalue weighted by atomic mass is 32.2. The van der Waals surface area contributed by atoms with Gasteiger partial charge in [-0.15, -0.1) is 6.58 Å². The predicted molar refractivity (Wildman–Crippen MR) is 113 cm³/mol. The van der Waals surface area contributed by atoms with Crippen molar-refractivity contribution in [3.8, 4) is 0 Å². The Morgan fingerprint density at radius 2 is 1.54 bits per heavy atom. The van der Waals surface area contributed by atoms with Crippen LogP contribution < -0.4 is 0 Å². The summed E-state index contributed by atoms with van der Waals surface area (Å²) >= 11 is 0. The molecule has 3 heteroatoms. The first-order valence-electron chi connectivity index (χ1n) is 10.2. The Morgan fingerprint density at radius 3 is 2.12 bits per heavy atom. The van der Waals surface area contributed by atoms with E-state index >= 15 is 0 Å². The summed E-state index contributed by atoms with van der Waals surface area (Å²) in [4.78, 5) is 0.468. The van der Waals surface area contributed by atoms with Crippen LogP contribution in [-0.2, 0) is 9.84 Å². The Balaban J connectivity index is 2.86. The van der Waals surface area contributed by atoms with Gasteiger partial charge in [0.1, 0.15) is 0 Å². The van der Waals surface area contributed by atoms with E-state index in [1.54, 1.807) is 12.1 Å². The van der Waals surface area contributed by atoms with Crippen molar-refractivity contribution in [3.05, 3.63) is 43.0 Å². The van der Waals surface area contributed by atoms with Crippen LogP contribution in [0.3, 0.4) is 0 Å². The van der Waals surface area contributed by atoms with E-state index in [0.29, 0.717) is 16.7 Å². The molecule has 0 radical (unpaired) electrons. The van der Waals surface area contributed by atoms with Gasteiger partial charge in [0, 0.05) is 0 Å². The molecule has 0 amide bonds. The topological polar surface area (TPSA) is 34.1 Å². The van der Waals surface area contributed by atoms with Crippen molar-refractivity contribution < 1.29 is 8.42 Å². The van der Waals surface area contributed by atoms with Gasteiger partial charge < -0.3 is 0 Å². The average molecular weight is 379 g/mol. The fraction of sp³-hybridized carbons (Fsp3) is 0.652. The van der Waals surface area contributed by atoms with E-state index in [1.165, 1.54) is 12.8 Å². The molecule has 0 heterocycles. The molecule has 0 N–H and O–H groups in total. The third kappa shape index (κ3) is 7.65. The molecule has 3 atom stereocenters. The number of allylic oxidation sites excluding steroid dienone is 1. The molecule has 0 aliphatic heterocycles. The van der Waals surface area contributed by atoms with Gasteiger partial charge in [0.2, 0.25) is 0 Å². The fourth-order valence-electron chi connectivity index (χ4n) is 3.51. The summed E-state index contributed by atoms with van der Waals surface area (Å²) in [6, 6.07) is 8.98. The predicted octanol–water partition coefficient (Wildman–Crippen LogP) is 6.67. The van der Waals surface area contributed by atoms with Gasteiger partial charge in [0.05, 0.1) is 10.1 Å². The van der Waals surface area contributed by atoms with Crippen LogP contribution in [-0.4, -0.2) is 13.7 Å². The van der Waals surface area contributed by atoms with Crippen molar-refractivity contribution in [2.45, 2.75) is 82.8 Å². The molecule has 0 fully saturated rings. The average Bonchev–Trinajstić information content (AvgIpc) is 2.61. The van der Waals surface area contributed by atoms with Crippen LogP contribution in [0, 0.1) is 17.8 Å². The quantitative estimate of drug-likeness (QED) is 0.283. The van der Waals surface area contributed by atoms with E-state index in [9.17, 15) is 8.42 Å². The van der Waals surface area contributed by atoms with E-state index in [-0.39, 0.29) is 11.2 Å². The van der Waals surface area contributed by atoms with Gasteiger partial charge in [0.15, 0.2) is 9.84 Å². The molecule has 148 valence electrons. The Kier molecular flexibility index (Phi) is 10.2. The summed E-state index contributed by atoms with van der Waals surface area (Å²) < 4.78 is 26.5. The maximum absolute atomic E-state index is 13.3. The number of benzene rings is 1. The van der Waals surface area contributed by atoms with E-state index in [0.717, 1.165) is 32.1 Å². The molecule has 0 aromatic heterocycles. The Labute approximate surface area is 162 Å².